The molecule has 0 bridgehead atoms. The van der Waals surface area contributed by atoms with Gasteiger partial charge in [-0.05, 0) is 28.0 Å². The standard InChI is InChI=1S/C20H14S2/c1-3-8-15(9-4-1)17-14-22-20(18-12-7-13-21-18)19(17)16-10-5-2-6-11-16/h1-14H. The highest BCUT2D eigenvalue weighted by Crippen LogP contribution is 2.45. The van der Waals surface area contributed by atoms with Gasteiger partial charge in [0.1, 0.15) is 0 Å². The Morgan fingerprint density at radius 2 is 1.27 bits per heavy atom. The van der Waals surface area contributed by atoms with E-state index in [4.69, 9.17) is 0 Å². The van der Waals surface area contributed by atoms with Crippen molar-refractivity contribution in [2.24, 2.45) is 0 Å². The highest BCUT2D eigenvalue weighted by Gasteiger charge is 2.16. The number of rotatable bonds is 3. The van der Waals surface area contributed by atoms with Crippen molar-refractivity contribution in [1.82, 2.24) is 0 Å². The molecule has 0 aliphatic rings. The summed E-state index contributed by atoms with van der Waals surface area (Å²) in [5.41, 5.74) is 5.23. The minimum absolute atomic E-state index is 1.28. The Bertz CT molecular complexity index is 857. The minimum Gasteiger partial charge on any atom is -0.143 e. The smallest absolute Gasteiger partial charge is 0.0527 e. The van der Waals surface area contributed by atoms with Crippen molar-refractivity contribution in [3.05, 3.63) is 83.6 Å². The van der Waals surface area contributed by atoms with E-state index < -0.39 is 0 Å². The number of benzene rings is 2. The Morgan fingerprint density at radius 3 is 1.91 bits per heavy atom. The van der Waals surface area contributed by atoms with Crippen LogP contribution < -0.4 is 0 Å². The molecule has 4 rings (SSSR count). The molecular weight excluding hydrogens is 304 g/mol. The van der Waals surface area contributed by atoms with Crippen LogP contribution in [-0.4, -0.2) is 0 Å². The molecule has 106 valence electrons. The van der Waals surface area contributed by atoms with Gasteiger partial charge in [-0.3, -0.25) is 0 Å². The van der Waals surface area contributed by atoms with Crippen LogP contribution in [0.1, 0.15) is 0 Å². The van der Waals surface area contributed by atoms with E-state index in [1.165, 1.54) is 32.0 Å². The van der Waals surface area contributed by atoms with Gasteiger partial charge in [0.05, 0.1) is 4.88 Å². The summed E-state index contributed by atoms with van der Waals surface area (Å²) in [6.45, 7) is 0. The lowest BCUT2D eigenvalue weighted by atomic mass is 9.96. The van der Waals surface area contributed by atoms with Gasteiger partial charge >= 0.3 is 0 Å². The average molecular weight is 318 g/mol. The maximum Gasteiger partial charge on any atom is 0.0527 e. The summed E-state index contributed by atoms with van der Waals surface area (Å²) in [4.78, 5) is 2.70. The molecule has 22 heavy (non-hydrogen) atoms. The molecule has 2 heterocycles. The van der Waals surface area contributed by atoms with Gasteiger partial charge < -0.3 is 0 Å². The van der Waals surface area contributed by atoms with Gasteiger partial charge in [-0.1, -0.05) is 66.7 Å². The van der Waals surface area contributed by atoms with E-state index in [1.807, 2.05) is 11.3 Å². The van der Waals surface area contributed by atoms with E-state index in [2.05, 4.69) is 83.6 Å². The highest BCUT2D eigenvalue weighted by molar-refractivity contribution is 7.21. The fourth-order valence-electron chi connectivity index (χ4n) is 2.67. The fraction of sp³-hybridized carbons (Fsp3) is 0. The monoisotopic (exact) mass is 318 g/mol. The van der Waals surface area contributed by atoms with Crippen LogP contribution in [0.2, 0.25) is 0 Å². The van der Waals surface area contributed by atoms with Crippen LogP contribution in [0.4, 0.5) is 0 Å². The van der Waals surface area contributed by atoms with Gasteiger partial charge in [-0.2, -0.15) is 0 Å². The van der Waals surface area contributed by atoms with Gasteiger partial charge in [-0.15, -0.1) is 22.7 Å². The van der Waals surface area contributed by atoms with Crippen molar-refractivity contribution < 1.29 is 0 Å². The highest BCUT2D eigenvalue weighted by atomic mass is 32.1. The lowest BCUT2D eigenvalue weighted by Gasteiger charge is -2.08. The second-order valence-electron chi connectivity index (χ2n) is 5.06. The van der Waals surface area contributed by atoms with E-state index in [0.29, 0.717) is 0 Å². The fourth-order valence-corrected chi connectivity index (χ4v) is 4.65. The van der Waals surface area contributed by atoms with Crippen molar-refractivity contribution in [3.8, 4) is 32.0 Å². The van der Waals surface area contributed by atoms with Gasteiger partial charge in [0.15, 0.2) is 0 Å². The van der Waals surface area contributed by atoms with E-state index in [1.54, 1.807) is 11.3 Å². The third-order valence-corrected chi connectivity index (χ3v) is 5.71. The van der Waals surface area contributed by atoms with E-state index in [0.717, 1.165) is 0 Å². The molecule has 0 spiro atoms. The van der Waals surface area contributed by atoms with Crippen LogP contribution in [0.3, 0.4) is 0 Å². The number of thiophene rings is 2. The second kappa shape index (κ2) is 5.91. The van der Waals surface area contributed by atoms with Crippen LogP contribution in [0.15, 0.2) is 83.6 Å². The Balaban J connectivity index is 1.97. The van der Waals surface area contributed by atoms with Crippen LogP contribution in [0, 0.1) is 0 Å². The summed E-state index contributed by atoms with van der Waals surface area (Å²) in [6.07, 6.45) is 0. The third-order valence-electron chi connectivity index (χ3n) is 3.68. The van der Waals surface area contributed by atoms with E-state index >= 15 is 0 Å². The van der Waals surface area contributed by atoms with Gasteiger partial charge in [0.25, 0.3) is 0 Å². The molecule has 0 unspecified atom stereocenters. The van der Waals surface area contributed by atoms with E-state index in [-0.39, 0.29) is 0 Å². The second-order valence-corrected chi connectivity index (χ2v) is 6.89. The summed E-state index contributed by atoms with van der Waals surface area (Å²) in [6, 6.07) is 25.7. The summed E-state index contributed by atoms with van der Waals surface area (Å²) in [5, 5.41) is 4.43. The molecule has 4 aromatic rings. The Labute approximate surface area is 138 Å². The normalized spacial score (nSPS) is 10.7. The molecule has 0 saturated heterocycles. The molecular formula is C20H14S2. The topological polar surface area (TPSA) is 0 Å². The molecule has 0 fully saturated rings. The maximum absolute atomic E-state index is 2.28. The van der Waals surface area contributed by atoms with Gasteiger partial charge in [-0.25, -0.2) is 0 Å². The van der Waals surface area contributed by atoms with Crippen LogP contribution >= 0.6 is 22.7 Å². The molecule has 0 N–H and O–H groups in total. The molecule has 0 amide bonds. The predicted octanol–water partition coefficient (Wildman–Crippen LogP) is 6.81. The first-order valence-electron chi connectivity index (χ1n) is 7.20. The quantitative estimate of drug-likeness (QED) is 0.389. The zero-order valence-electron chi connectivity index (χ0n) is 11.9. The minimum atomic E-state index is 1.28. The third kappa shape index (κ3) is 2.41. The average Bonchev–Trinajstić information content (AvgIpc) is 3.25. The zero-order chi connectivity index (χ0) is 14.8. The van der Waals surface area contributed by atoms with Crippen molar-refractivity contribution in [2.45, 2.75) is 0 Å². The Morgan fingerprint density at radius 1 is 0.591 bits per heavy atom. The first-order valence-corrected chi connectivity index (χ1v) is 8.95. The van der Waals surface area contributed by atoms with Gasteiger partial charge in [0.2, 0.25) is 0 Å². The molecule has 0 nitrogen and oxygen atoms in total. The lowest BCUT2D eigenvalue weighted by Crippen LogP contribution is -1.82. The Kier molecular flexibility index (Phi) is 3.63. The molecule has 2 heteroatoms. The largest absolute Gasteiger partial charge is 0.143 e. The summed E-state index contributed by atoms with van der Waals surface area (Å²) in [5.74, 6) is 0. The molecule has 0 atom stereocenters. The van der Waals surface area contributed by atoms with Crippen LogP contribution in [0.25, 0.3) is 32.0 Å². The maximum atomic E-state index is 2.28. The molecule has 0 radical (unpaired) electrons. The zero-order valence-corrected chi connectivity index (χ0v) is 13.5. The number of hydrogen-bond donors (Lipinski definition) is 0. The van der Waals surface area contributed by atoms with Crippen LogP contribution in [-0.2, 0) is 0 Å². The molecule has 0 aliphatic heterocycles. The van der Waals surface area contributed by atoms with Crippen molar-refractivity contribution >= 4 is 22.7 Å². The summed E-state index contributed by atoms with van der Waals surface area (Å²) in [7, 11) is 0. The van der Waals surface area contributed by atoms with Crippen molar-refractivity contribution in [1.29, 1.82) is 0 Å². The van der Waals surface area contributed by atoms with E-state index in [9.17, 15) is 0 Å². The molecule has 2 aromatic carbocycles. The summed E-state index contributed by atoms with van der Waals surface area (Å²) >= 11 is 3.64. The lowest BCUT2D eigenvalue weighted by molar-refractivity contribution is 1.64. The Hall–Kier alpha value is -2.16. The first kappa shape index (κ1) is 13.5. The number of hydrogen-bond acceptors (Lipinski definition) is 2. The van der Waals surface area contributed by atoms with Gasteiger partial charge in [0, 0.05) is 16.0 Å². The molecule has 0 aliphatic carbocycles. The SMILES string of the molecule is c1ccc(-c2csc(-c3cccs3)c2-c2ccccc2)cc1. The summed E-state index contributed by atoms with van der Waals surface area (Å²) < 4.78 is 0. The van der Waals surface area contributed by atoms with Crippen LogP contribution in [0.5, 0.6) is 0 Å². The van der Waals surface area contributed by atoms with Crippen molar-refractivity contribution in [2.75, 3.05) is 0 Å². The molecule has 2 aromatic heterocycles. The van der Waals surface area contributed by atoms with Crippen molar-refractivity contribution in [3.63, 3.8) is 0 Å². The predicted molar refractivity (Wildman–Crippen MR) is 98.5 cm³/mol. The molecule has 0 saturated carbocycles. The first-order chi connectivity index (χ1) is 10.9.